The minimum absolute atomic E-state index is 0.127. The van der Waals surface area contributed by atoms with E-state index in [1.165, 1.54) is 0 Å². The maximum atomic E-state index is 11.2. The van der Waals surface area contributed by atoms with Crippen LogP contribution in [0.15, 0.2) is 48.8 Å². The Kier molecular flexibility index (Phi) is 4.07. The predicted molar refractivity (Wildman–Crippen MR) is 69.7 cm³/mol. The Hall–Kier alpha value is -2.16. The highest BCUT2D eigenvalue weighted by atomic mass is 16.5. The summed E-state index contributed by atoms with van der Waals surface area (Å²) in [5, 5.41) is 0. The molecule has 0 aliphatic rings. The summed E-state index contributed by atoms with van der Waals surface area (Å²) < 4.78 is 5.10. The van der Waals surface area contributed by atoms with Crippen LogP contribution in [-0.4, -0.2) is 18.4 Å². The molecular formula is C15H15NO2. The number of nitrogens with zero attached hydrogens (tertiary/aromatic N) is 1. The van der Waals surface area contributed by atoms with Gasteiger partial charge in [-0.1, -0.05) is 12.1 Å². The minimum Gasteiger partial charge on any atom is -0.497 e. The number of ether oxygens (including phenoxy) is 1. The molecule has 18 heavy (non-hydrogen) atoms. The molecule has 0 amide bonds. The molecule has 0 aliphatic carbocycles. The largest absolute Gasteiger partial charge is 0.497 e. The lowest BCUT2D eigenvalue weighted by molar-refractivity contribution is -0.109. The number of benzene rings is 1. The van der Waals surface area contributed by atoms with Crippen molar-refractivity contribution in [3.05, 3.63) is 59.9 Å². The van der Waals surface area contributed by atoms with Gasteiger partial charge in [0.15, 0.2) is 0 Å². The highest BCUT2D eigenvalue weighted by molar-refractivity contribution is 5.63. The number of hydrogen-bond acceptors (Lipinski definition) is 3. The second kappa shape index (κ2) is 5.96. The quantitative estimate of drug-likeness (QED) is 0.755. The van der Waals surface area contributed by atoms with Crippen molar-refractivity contribution in [3.8, 4) is 5.75 Å². The smallest absolute Gasteiger partial charge is 0.127 e. The van der Waals surface area contributed by atoms with Gasteiger partial charge in [-0.05, 0) is 41.8 Å². The maximum Gasteiger partial charge on any atom is 0.127 e. The van der Waals surface area contributed by atoms with E-state index < -0.39 is 0 Å². The van der Waals surface area contributed by atoms with Crippen LogP contribution in [0.3, 0.4) is 0 Å². The summed E-state index contributed by atoms with van der Waals surface area (Å²) in [4.78, 5) is 15.2. The molecule has 2 aromatic rings. The highest BCUT2D eigenvalue weighted by Gasteiger charge is 2.11. The molecule has 2 rings (SSSR count). The molecule has 0 bridgehead atoms. The molecule has 0 spiro atoms. The number of methoxy groups -OCH3 is 1. The van der Waals surface area contributed by atoms with Gasteiger partial charge in [0.2, 0.25) is 0 Å². The predicted octanol–water partition coefficient (Wildman–Crippen LogP) is 2.62. The fraction of sp³-hybridized carbons (Fsp3) is 0.200. The average molecular weight is 241 g/mol. The molecular weight excluding hydrogens is 226 g/mol. The van der Waals surface area contributed by atoms with E-state index >= 15 is 0 Å². The van der Waals surface area contributed by atoms with Crippen LogP contribution in [0.2, 0.25) is 0 Å². The SMILES string of the molecule is COc1ccc(C(C=O)Cc2ccncc2)cc1. The maximum absolute atomic E-state index is 11.2. The Balaban J connectivity index is 2.15. The fourth-order valence-corrected chi connectivity index (χ4v) is 1.87. The Morgan fingerprint density at radius 1 is 1.17 bits per heavy atom. The Morgan fingerprint density at radius 3 is 2.39 bits per heavy atom. The minimum atomic E-state index is -0.127. The van der Waals surface area contributed by atoms with Crippen molar-refractivity contribution < 1.29 is 9.53 Å². The van der Waals surface area contributed by atoms with Gasteiger partial charge in [-0.15, -0.1) is 0 Å². The molecule has 1 aromatic carbocycles. The summed E-state index contributed by atoms with van der Waals surface area (Å²) >= 11 is 0. The first-order valence-corrected chi connectivity index (χ1v) is 5.81. The van der Waals surface area contributed by atoms with Crippen LogP contribution in [-0.2, 0) is 11.2 Å². The number of aldehydes is 1. The molecule has 1 atom stereocenters. The van der Waals surface area contributed by atoms with E-state index in [0.29, 0.717) is 6.42 Å². The molecule has 92 valence electrons. The van der Waals surface area contributed by atoms with Gasteiger partial charge < -0.3 is 9.53 Å². The van der Waals surface area contributed by atoms with Crippen LogP contribution in [0.1, 0.15) is 17.0 Å². The first-order chi connectivity index (χ1) is 8.83. The van der Waals surface area contributed by atoms with Crippen molar-refractivity contribution in [2.45, 2.75) is 12.3 Å². The van der Waals surface area contributed by atoms with Crippen LogP contribution in [0.4, 0.5) is 0 Å². The molecule has 3 nitrogen and oxygen atoms in total. The van der Waals surface area contributed by atoms with Crippen molar-refractivity contribution in [3.63, 3.8) is 0 Å². The van der Waals surface area contributed by atoms with Crippen LogP contribution in [0, 0.1) is 0 Å². The Labute approximate surface area is 106 Å². The number of carbonyl (C=O) groups excluding carboxylic acids is 1. The third kappa shape index (κ3) is 2.94. The first kappa shape index (κ1) is 12.3. The van der Waals surface area contributed by atoms with Gasteiger partial charge in [0, 0.05) is 18.3 Å². The van der Waals surface area contributed by atoms with Crippen LogP contribution in [0.5, 0.6) is 5.75 Å². The lowest BCUT2D eigenvalue weighted by atomic mass is 9.94. The average Bonchev–Trinajstić information content (AvgIpc) is 2.46. The third-order valence-electron chi connectivity index (χ3n) is 2.91. The summed E-state index contributed by atoms with van der Waals surface area (Å²) in [5.74, 6) is 0.672. The summed E-state index contributed by atoms with van der Waals surface area (Å²) in [6.45, 7) is 0. The van der Waals surface area contributed by atoms with Gasteiger partial charge in [-0.3, -0.25) is 4.98 Å². The monoisotopic (exact) mass is 241 g/mol. The van der Waals surface area contributed by atoms with E-state index in [1.807, 2.05) is 36.4 Å². The van der Waals surface area contributed by atoms with Crippen molar-refractivity contribution >= 4 is 6.29 Å². The van der Waals surface area contributed by atoms with E-state index in [-0.39, 0.29) is 5.92 Å². The van der Waals surface area contributed by atoms with Gasteiger partial charge in [0.05, 0.1) is 7.11 Å². The normalized spacial score (nSPS) is 11.8. The van der Waals surface area contributed by atoms with Crippen molar-refractivity contribution in [2.75, 3.05) is 7.11 Å². The van der Waals surface area contributed by atoms with E-state index in [2.05, 4.69) is 4.98 Å². The second-order valence-electron chi connectivity index (χ2n) is 4.08. The van der Waals surface area contributed by atoms with Gasteiger partial charge in [0.1, 0.15) is 12.0 Å². The molecule has 1 unspecified atom stereocenters. The van der Waals surface area contributed by atoms with Crippen LogP contribution < -0.4 is 4.74 Å². The van der Waals surface area contributed by atoms with Crippen LogP contribution >= 0.6 is 0 Å². The Morgan fingerprint density at radius 2 is 1.83 bits per heavy atom. The zero-order chi connectivity index (χ0) is 12.8. The number of carbonyl (C=O) groups is 1. The highest BCUT2D eigenvalue weighted by Crippen LogP contribution is 2.21. The van der Waals surface area contributed by atoms with Gasteiger partial charge >= 0.3 is 0 Å². The number of aromatic nitrogens is 1. The van der Waals surface area contributed by atoms with Gasteiger partial charge in [-0.25, -0.2) is 0 Å². The van der Waals surface area contributed by atoms with Crippen LogP contribution in [0.25, 0.3) is 0 Å². The Bertz CT molecular complexity index is 494. The molecule has 0 radical (unpaired) electrons. The van der Waals surface area contributed by atoms with Gasteiger partial charge in [0.25, 0.3) is 0 Å². The summed E-state index contributed by atoms with van der Waals surface area (Å²) in [5.41, 5.74) is 2.11. The molecule has 1 aromatic heterocycles. The standard InChI is InChI=1S/C15H15NO2/c1-18-15-4-2-13(3-5-15)14(11-17)10-12-6-8-16-9-7-12/h2-9,11,14H,10H2,1H3. The number of hydrogen-bond donors (Lipinski definition) is 0. The van der Waals surface area contributed by atoms with E-state index in [4.69, 9.17) is 4.74 Å². The molecule has 0 fully saturated rings. The molecule has 0 saturated carbocycles. The van der Waals surface area contributed by atoms with E-state index in [0.717, 1.165) is 23.2 Å². The van der Waals surface area contributed by atoms with Gasteiger partial charge in [-0.2, -0.15) is 0 Å². The summed E-state index contributed by atoms with van der Waals surface area (Å²) in [7, 11) is 1.63. The number of pyridine rings is 1. The molecule has 1 heterocycles. The lowest BCUT2D eigenvalue weighted by Crippen LogP contribution is -2.04. The van der Waals surface area contributed by atoms with Crippen molar-refractivity contribution in [1.82, 2.24) is 4.98 Å². The molecule has 3 heteroatoms. The summed E-state index contributed by atoms with van der Waals surface area (Å²) in [6, 6.07) is 11.5. The molecule has 0 aliphatic heterocycles. The van der Waals surface area contributed by atoms with E-state index in [1.54, 1.807) is 19.5 Å². The van der Waals surface area contributed by atoms with Crippen molar-refractivity contribution in [1.29, 1.82) is 0 Å². The van der Waals surface area contributed by atoms with Crippen molar-refractivity contribution in [2.24, 2.45) is 0 Å². The molecule has 0 saturated heterocycles. The molecule has 0 N–H and O–H groups in total. The zero-order valence-corrected chi connectivity index (χ0v) is 10.2. The van der Waals surface area contributed by atoms with E-state index in [9.17, 15) is 4.79 Å². The number of rotatable bonds is 5. The lowest BCUT2D eigenvalue weighted by Gasteiger charge is -2.11. The first-order valence-electron chi connectivity index (χ1n) is 5.81. The second-order valence-corrected chi connectivity index (χ2v) is 4.08. The summed E-state index contributed by atoms with van der Waals surface area (Å²) in [6.07, 6.45) is 5.16. The topological polar surface area (TPSA) is 39.2 Å². The fourth-order valence-electron chi connectivity index (χ4n) is 1.87. The zero-order valence-electron chi connectivity index (χ0n) is 10.2. The third-order valence-corrected chi connectivity index (χ3v) is 2.91.